The largest absolute Gasteiger partial charge is 0.406 e. The van der Waals surface area contributed by atoms with Crippen LogP contribution in [0.2, 0.25) is 0 Å². The molecule has 0 aliphatic heterocycles. The monoisotopic (exact) mass is 392 g/mol. The summed E-state index contributed by atoms with van der Waals surface area (Å²) in [7, 11) is 0. The molecule has 0 saturated heterocycles. The molecule has 7 heteroatoms. The molecule has 2 amide bonds. The molecule has 1 atom stereocenters. The molecule has 0 aromatic heterocycles. The second kappa shape index (κ2) is 9.92. The second-order valence-electron chi connectivity index (χ2n) is 6.44. The van der Waals surface area contributed by atoms with E-state index in [0.29, 0.717) is 17.5 Å². The molecule has 0 aliphatic rings. The molecule has 1 N–H and O–H groups in total. The van der Waals surface area contributed by atoms with Crippen molar-refractivity contribution in [3.8, 4) is 0 Å². The molecule has 4 nitrogen and oxygen atoms in total. The van der Waals surface area contributed by atoms with E-state index < -0.39 is 24.7 Å². The van der Waals surface area contributed by atoms with E-state index in [4.69, 9.17) is 0 Å². The number of rotatable bonds is 8. The number of hydrogen-bond acceptors (Lipinski definition) is 2. The summed E-state index contributed by atoms with van der Waals surface area (Å²) in [6.07, 6.45) is -4.31. The van der Waals surface area contributed by atoms with Gasteiger partial charge in [0.05, 0.1) is 12.5 Å². The van der Waals surface area contributed by atoms with Crippen LogP contribution in [0.25, 0.3) is 0 Å². The summed E-state index contributed by atoms with van der Waals surface area (Å²) in [6.45, 7) is 0.419. The molecular weight excluding hydrogens is 369 g/mol. The first kappa shape index (κ1) is 21.5. The summed E-state index contributed by atoms with van der Waals surface area (Å²) in [5.74, 6) is -1.04. The van der Waals surface area contributed by atoms with Gasteiger partial charge >= 0.3 is 6.18 Å². The van der Waals surface area contributed by atoms with Crippen LogP contribution < -0.4 is 5.32 Å². The lowest BCUT2D eigenvalue weighted by molar-refractivity contribution is -0.161. The number of halogens is 3. The smallest absolute Gasteiger partial charge is 0.345 e. The van der Waals surface area contributed by atoms with Crippen molar-refractivity contribution in [1.29, 1.82) is 0 Å². The fraction of sp³-hybridized carbons (Fsp3) is 0.333. The molecule has 1 unspecified atom stereocenters. The Hall–Kier alpha value is -2.83. The molecule has 2 aromatic carbocycles. The van der Waals surface area contributed by atoms with Gasteiger partial charge in [-0.15, -0.1) is 0 Å². The molecule has 2 rings (SSSR count). The first-order valence-corrected chi connectivity index (χ1v) is 9.05. The number of nitrogens with zero attached hydrogens (tertiary/aromatic N) is 1. The van der Waals surface area contributed by atoms with E-state index >= 15 is 0 Å². The van der Waals surface area contributed by atoms with Crippen LogP contribution in [-0.4, -0.2) is 36.0 Å². The minimum Gasteiger partial charge on any atom is -0.345 e. The Morgan fingerprint density at radius 3 is 2.11 bits per heavy atom. The third-order valence-electron chi connectivity index (χ3n) is 4.14. The topological polar surface area (TPSA) is 49.4 Å². The van der Waals surface area contributed by atoms with Gasteiger partial charge in [0.25, 0.3) is 5.91 Å². The average molecular weight is 392 g/mol. The highest BCUT2D eigenvalue weighted by Crippen LogP contribution is 2.22. The van der Waals surface area contributed by atoms with Crippen molar-refractivity contribution in [2.24, 2.45) is 0 Å². The number of carbonyl (C=O) groups is 2. The molecule has 0 fully saturated rings. The highest BCUT2D eigenvalue weighted by atomic mass is 19.4. The van der Waals surface area contributed by atoms with Crippen molar-refractivity contribution in [2.75, 3.05) is 13.1 Å². The Balaban J connectivity index is 2.19. The van der Waals surface area contributed by atoms with E-state index in [1.54, 1.807) is 67.6 Å². The lowest BCUT2D eigenvalue weighted by Crippen LogP contribution is -2.41. The summed E-state index contributed by atoms with van der Waals surface area (Å²) in [4.78, 5) is 25.9. The standard InChI is InChI=1S/C21H23F3N2O2/c1-2-13-26(15-21(22,23)24)19(27)14-18(16-9-5-3-6-10-16)25-20(28)17-11-7-4-8-12-17/h3-12,18H,2,13-15H2,1H3,(H,25,28). The second-order valence-corrected chi connectivity index (χ2v) is 6.44. The normalized spacial score (nSPS) is 12.3. The zero-order chi connectivity index (χ0) is 20.6. The van der Waals surface area contributed by atoms with Crippen LogP contribution in [0.4, 0.5) is 13.2 Å². The van der Waals surface area contributed by atoms with Crippen molar-refractivity contribution in [3.63, 3.8) is 0 Å². The van der Waals surface area contributed by atoms with Gasteiger partial charge in [0.15, 0.2) is 0 Å². The summed E-state index contributed by atoms with van der Waals surface area (Å²) >= 11 is 0. The first-order valence-electron chi connectivity index (χ1n) is 9.05. The van der Waals surface area contributed by atoms with Gasteiger partial charge in [0.1, 0.15) is 6.54 Å². The average Bonchev–Trinajstić information content (AvgIpc) is 2.67. The molecule has 0 aliphatic carbocycles. The SMILES string of the molecule is CCCN(CC(F)(F)F)C(=O)CC(NC(=O)c1ccccc1)c1ccccc1. The van der Waals surface area contributed by atoms with Crippen molar-refractivity contribution in [1.82, 2.24) is 10.2 Å². The van der Waals surface area contributed by atoms with Crippen molar-refractivity contribution < 1.29 is 22.8 Å². The minimum absolute atomic E-state index is 0.00643. The first-order chi connectivity index (χ1) is 13.3. The van der Waals surface area contributed by atoms with Crippen molar-refractivity contribution in [2.45, 2.75) is 32.0 Å². The maximum absolute atomic E-state index is 12.8. The van der Waals surface area contributed by atoms with Crippen molar-refractivity contribution in [3.05, 3.63) is 71.8 Å². The van der Waals surface area contributed by atoms with E-state index in [1.807, 2.05) is 0 Å². The molecule has 0 heterocycles. The zero-order valence-corrected chi connectivity index (χ0v) is 15.6. The van der Waals surface area contributed by atoms with E-state index in [0.717, 1.165) is 4.90 Å². The van der Waals surface area contributed by atoms with Gasteiger partial charge in [-0.2, -0.15) is 13.2 Å². The van der Waals surface area contributed by atoms with Crippen LogP contribution in [0.15, 0.2) is 60.7 Å². The molecule has 28 heavy (non-hydrogen) atoms. The van der Waals surface area contributed by atoms with Crippen LogP contribution in [-0.2, 0) is 4.79 Å². The van der Waals surface area contributed by atoms with Crippen LogP contribution in [0.1, 0.15) is 41.7 Å². The fourth-order valence-corrected chi connectivity index (χ4v) is 2.85. The third-order valence-corrected chi connectivity index (χ3v) is 4.14. The van der Waals surface area contributed by atoms with Crippen LogP contribution in [0.3, 0.4) is 0 Å². The minimum atomic E-state index is -4.47. The van der Waals surface area contributed by atoms with Gasteiger partial charge in [-0.25, -0.2) is 0 Å². The lowest BCUT2D eigenvalue weighted by Gasteiger charge is -2.26. The molecule has 0 saturated carbocycles. The maximum atomic E-state index is 12.8. The molecule has 0 spiro atoms. The van der Waals surface area contributed by atoms with Crippen LogP contribution in [0.5, 0.6) is 0 Å². The number of nitrogens with one attached hydrogen (secondary N) is 1. The Kier molecular flexibility index (Phi) is 7.61. The number of benzene rings is 2. The van der Waals surface area contributed by atoms with Crippen molar-refractivity contribution >= 4 is 11.8 Å². The highest BCUT2D eigenvalue weighted by Gasteiger charge is 2.33. The Morgan fingerprint density at radius 2 is 1.57 bits per heavy atom. The van der Waals surface area contributed by atoms with E-state index in [-0.39, 0.29) is 18.9 Å². The summed E-state index contributed by atoms with van der Waals surface area (Å²) < 4.78 is 38.5. The van der Waals surface area contributed by atoms with E-state index in [1.165, 1.54) is 0 Å². The third kappa shape index (κ3) is 6.72. The van der Waals surface area contributed by atoms with Gasteiger partial charge in [-0.1, -0.05) is 55.5 Å². The summed E-state index contributed by atoms with van der Waals surface area (Å²) in [5.41, 5.74) is 1.07. The highest BCUT2D eigenvalue weighted by molar-refractivity contribution is 5.94. The summed E-state index contributed by atoms with van der Waals surface area (Å²) in [5, 5.41) is 2.77. The lowest BCUT2D eigenvalue weighted by atomic mass is 10.0. The van der Waals surface area contributed by atoms with E-state index in [2.05, 4.69) is 5.32 Å². The quantitative estimate of drug-likeness (QED) is 0.726. The van der Waals surface area contributed by atoms with Gasteiger partial charge in [0.2, 0.25) is 5.91 Å². The van der Waals surface area contributed by atoms with Crippen LogP contribution >= 0.6 is 0 Å². The molecule has 150 valence electrons. The van der Waals surface area contributed by atoms with Crippen LogP contribution in [0, 0.1) is 0 Å². The van der Waals surface area contributed by atoms with Gasteiger partial charge in [-0.3, -0.25) is 9.59 Å². The number of carbonyl (C=O) groups excluding carboxylic acids is 2. The number of hydrogen-bond donors (Lipinski definition) is 1. The fourth-order valence-electron chi connectivity index (χ4n) is 2.85. The van der Waals surface area contributed by atoms with Gasteiger partial charge in [0, 0.05) is 12.1 Å². The van der Waals surface area contributed by atoms with E-state index in [9.17, 15) is 22.8 Å². The Morgan fingerprint density at radius 1 is 1.00 bits per heavy atom. The number of amides is 2. The maximum Gasteiger partial charge on any atom is 0.406 e. The Labute approximate surface area is 162 Å². The molecule has 0 radical (unpaired) electrons. The molecular formula is C21H23F3N2O2. The van der Waals surface area contributed by atoms with Gasteiger partial charge in [-0.05, 0) is 24.1 Å². The summed E-state index contributed by atoms with van der Waals surface area (Å²) in [6, 6.07) is 16.5. The zero-order valence-electron chi connectivity index (χ0n) is 15.6. The predicted octanol–water partition coefficient (Wildman–Crippen LogP) is 4.35. The number of alkyl halides is 3. The Bertz CT molecular complexity index is 764. The molecule has 0 bridgehead atoms. The molecule has 2 aromatic rings. The van der Waals surface area contributed by atoms with Gasteiger partial charge < -0.3 is 10.2 Å². The predicted molar refractivity (Wildman–Crippen MR) is 101 cm³/mol.